The molecule has 68 valence electrons. The van der Waals surface area contributed by atoms with Gasteiger partial charge in [0, 0.05) is 18.6 Å². The number of aromatic nitrogens is 1. The lowest BCUT2D eigenvalue weighted by Gasteiger charge is -1.91. The maximum Gasteiger partial charge on any atom is 0.338 e. The van der Waals surface area contributed by atoms with Gasteiger partial charge < -0.3 is 15.4 Å². The number of carboxylic acids is 1. The minimum absolute atomic E-state index is 0.319. The van der Waals surface area contributed by atoms with Gasteiger partial charge in [-0.05, 0) is 0 Å². The van der Waals surface area contributed by atoms with Crippen LogP contribution in [0.15, 0.2) is 11.6 Å². The standard InChI is InChI=1S/C8H8N2O2S/c1-10-2-4(8(11)12)7-6(10)5(9)3-13-7/h2-3H,9H2,1H3,(H,11,12). The molecule has 13 heavy (non-hydrogen) atoms. The van der Waals surface area contributed by atoms with Gasteiger partial charge in [-0.15, -0.1) is 11.3 Å². The summed E-state index contributed by atoms with van der Waals surface area (Å²) in [5.41, 5.74) is 7.45. The normalized spacial score (nSPS) is 10.8. The Labute approximate surface area is 78.2 Å². The Bertz CT molecular complexity index is 484. The zero-order valence-corrected chi connectivity index (χ0v) is 7.76. The maximum absolute atomic E-state index is 10.8. The molecule has 3 N–H and O–H groups in total. The molecule has 0 atom stereocenters. The van der Waals surface area contributed by atoms with Crippen LogP contribution < -0.4 is 5.73 Å². The molecule has 5 heteroatoms. The lowest BCUT2D eigenvalue weighted by Crippen LogP contribution is -1.93. The van der Waals surface area contributed by atoms with Gasteiger partial charge in [0.05, 0.1) is 21.5 Å². The van der Waals surface area contributed by atoms with Crippen LogP contribution in [0.3, 0.4) is 0 Å². The smallest absolute Gasteiger partial charge is 0.338 e. The number of anilines is 1. The van der Waals surface area contributed by atoms with E-state index in [-0.39, 0.29) is 0 Å². The molecule has 0 aliphatic rings. The minimum Gasteiger partial charge on any atom is -0.478 e. The largest absolute Gasteiger partial charge is 0.478 e. The first-order valence-corrected chi connectivity index (χ1v) is 4.54. The zero-order chi connectivity index (χ0) is 9.59. The Balaban J connectivity index is 2.87. The molecule has 0 unspecified atom stereocenters. The molecular weight excluding hydrogens is 188 g/mol. The molecule has 0 saturated heterocycles. The summed E-state index contributed by atoms with van der Waals surface area (Å²) in [6, 6.07) is 0. The van der Waals surface area contributed by atoms with Gasteiger partial charge in [0.15, 0.2) is 0 Å². The van der Waals surface area contributed by atoms with Gasteiger partial charge in [0.1, 0.15) is 0 Å². The Morgan fingerprint density at radius 1 is 1.69 bits per heavy atom. The summed E-state index contributed by atoms with van der Waals surface area (Å²) >= 11 is 1.36. The third-order valence-corrected chi connectivity index (χ3v) is 2.96. The number of hydrogen-bond acceptors (Lipinski definition) is 3. The van der Waals surface area contributed by atoms with E-state index in [4.69, 9.17) is 10.8 Å². The van der Waals surface area contributed by atoms with Crippen LogP contribution >= 0.6 is 11.3 Å². The fourth-order valence-electron chi connectivity index (χ4n) is 1.39. The van der Waals surface area contributed by atoms with Crippen molar-refractivity contribution in [2.75, 3.05) is 5.73 Å². The summed E-state index contributed by atoms with van der Waals surface area (Å²) in [5.74, 6) is -0.910. The van der Waals surface area contributed by atoms with Crippen molar-refractivity contribution in [2.45, 2.75) is 0 Å². The summed E-state index contributed by atoms with van der Waals surface area (Å²) in [5, 5.41) is 10.6. The molecule has 0 radical (unpaired) electrons. The van der Waals surface area contributed by atoms with Gasteiger partial charge >= 0.3 is 5.97 Å². The molecular formula is C8H8N2O2S. The van der Waals surface area contributed by atoms with E-state index in [1.54, 1.807) is 23.2 Å². The van der Waals surface area contributed by atoms with Crippen LogP contribution in [0.2, 0.25) is 0 Å². The molecule has 2 aromatic heterocycles. The molecule has 0 fully saturated rings. The molecule has 0 saturated carbocycles. The lowest BCUT2D eigenvalue weighted by atomic mass is 10.3. The maximum atomic E-state index is 10.8. The number of thiophene rings is 1. The molecule has 0 spiro atoms. The van der Waals surface area contributed by atoms with Gasteiger partial charge in [-0.1, -0.05) is 0 Å². The monoisotopic (exact) mass is 196 g/mol. The Morgan fingerprint density at radius 2 is 2.38 bits per heavy atom. The van der Waals surface area contributed by atoms with Crippen LogP contribution in [0.4, 0.5) is 5.69 Å². The van der Waals surface area contributed by atoms with E-state index in [1.165, 1.54) is 11.3 Å². The fourth-order valence-corrected chi connectivity index (χ4v) is 2.39. The van der Waals surface area contributed by atoms with E-state index >= 15 is 0 Å². The van der Waals surface area contributed by atoms with Crippen molar-refractivity contribution in [2.24, 2.45) is 7.05 Å². The molecule has 0 bridgehead atoms. The molecule has 2 heterocycles. The Morgan fingerprint density at radius 3 is 3.00 bits per heavy atom. The van der Waals surface area contributed by atoms with E-state index in [0.29, 0.717) is 11.3 Å². The first kappa shape index (κ1) is 8.12. The predicted octanol–water partition coefficient (Wildman–Crippen LogP) is 1.52. The fraction of sp³-hybridized carbons (Fsp3) is 0.125. The summed E-state index contributed by atoms with van der Waals surface area (Å²) in [7, 11) is 1.79. The number of carbonyl (C=O) groups is 1. The highest BCUT2D eigenvalue weighted by Gasteiger charge is 2.15. The second-order valence-electron chi connectivity index (χ2n) is 2.83. The van der Waals surface area contributed by atoms with Crippen molar-refractivity contribution < 1.29 is 9.90 Å². The van der Waals surface area contributed by atoms with Crippen LogP contribution in [0.5, 0.6) is 0 Å². The van der Waals surface area contributed by atoms with Crippen LogP contribution in [-0.4, -0.2) is 15.6 Å². The van der Waals surface area contributed by atoms with Crippen molar-refractivity contribution in [3.63, 3.8) is 0 Å². The van der Waals surface area contributed by atoms with E-state index in [1.807, 2.05) is 0 Å². The van der Waals surface area contributed by atoms with Crippen molar-refractivity contribution in [3.8, 4) is 0 Å². The summed E-state index contributed by atoms with van der Waals surface area (Å²) in [6.45, 7) is 0. The SMILES string of the molecule is Cn1cc(C(=O)O)c2scc(N)c21. The first-order chi connectivity index (χ1) is 6.11. The number of aromatic carboxylic acids is 1. The van der Waals surface area contributed by atoms with Gasteiger partial charge in [0.2, 0.25) is 0 Å². The van der Waals surface area contributed by atoms with Crippen molar-refractivity contribution in [3.05, 3.63) is 17.1 Å². The number of fused-ring (bicyclic) bond motifs is 1. The second kappa shape index (κ2) is 2.50. The molecule has 0 amide bonds. The molecule has 2 aromatic rings. The highest BCUT2D eigenvalue weighted by Crippen LogP contribution is 2.31. The average molecular weight is 196 g/mol. The van der Waals surface area contributed by atoms with E-state index in [2.05, 4.69) is 0 Å². The topological polar surface area (TPSA) is 68.2 Å². The Kier molecular flexibility index (Phi) is 1.56. The molecule has 0 aliphatic heterocycles. The predicted molar refractivity (Wildman–Crippen MR) is 52.2 cm³/mol. The molecule has 0 aromatic carbocycles. The summed E-state index contributed by atoms with van der Waals surface area (Å²) < 4.78 is 2.48. The first-order valence-electron chi connectivity index (χ1n) is 3.66. The third kappa shape index (κ3) is 1.01. The van der Waals surface area contributed by atoms with Crippen LogP contribution in [0.1, 0.15) is 10.4 Å². The number of nitrogens with zero attached hydrogens (tertiary/aromatic N) is 1. The number of nitrogen functional groups attached to an aromatic ring is 1. The van der Waals surface area contributed by atoms with Crippen LogP contribution in [0.25, 0.3) is 10.2 Å². The number of carboxylic acid groups (broad SMARTS) is 1. The lowest BCUT2D eigenvalue weighted by molar-refractivity contribution is 0.0699. The molecule has 2 rings (SSSR count). The number of hydrogen-bond donors (Lipinski definition) is 2. The van der Waals surface area contributed by atoms with E-state index in [9.17, 15) is 4.79 Å². The number of nitrogens with two attached hydrogens (primary N) is 1. The van der Waals surface area contributed by atoms with E-state index < -0.39 is 5.97 Å². The van der Waals surface area contributed by atoms with Crippen LogP contribution in [0, 0.1) is 0 Å². The highest BCUT2D eigenvalue weighted by atomic mass is 32.1. The van der Waals surface area contributed by atoms with E-state index in [0.717, 1.165) is 10.2 Å². The quantitative estimate of drug-likeness (QED) is 0.726. The van der Waals surface area contributed by atoms with Gasteiger partial charge in [-0.25, -0.2) is 4.79 Å². The highest BCUT2D eigenvalue weighted by molar-refractivity contribution is 7.18. The number of rotatable bonds is 1. The molecule has 4 nitrogen and oxygen atoms in total. The van der Waals surface area contributed by atoms with Gasteiger partial charge in [-0.3, -0.25) is 0 Å². The minimum atomic E-state index is -0.910. The Hall–Kier alpha value is -1.49. The van der Waals surface area contributed by atoms with Gasteiger partial charge in [-0.2, -0.15) is 0 Å². The number of aryl methyl sites for hydroxylation is 1. The molecule has 0 aliphatic carbocycles. The van der Waals surface area contributed by atoms with Crippen molar-refractivity contribution in [1.29, 1.82) is 0 Å². The van der Waals surface area contributed by atoms with Crippen molar-refractivity contribution >= 4 is 33.2 Å². The third-order valence-electron chi connectivity index (χ3n) is 1.94. The van der Waals surface area contributed by atoms with Crippen LogP contribution in [-0.2, 0) is 7.05 Å². The van der Waals surface area contributed by atoms with Gasteiger partial charge in [0.25, 0.3) is 0 Å². The summed E-state index contributed by atoms with van der Waals surface area (Å²) in [6.07, 6.45) is 1.58. The summed E-state index contributed by atoms with van der Waals surface area (Å²) in [4.78, 5) is 10.8. The zero-order valence-electron chi connectivity index (χ0n) is 6.94. The second-order valence-corrected chi connectivity index (χ2v) is 3.71. The average Bonchev–Trinajstić information content (AvgIpc) is 2.55. The van der Waals surface area contributed by atoms with Crippen molar-refractivity contribution in [1.82, 2.24) is 4.57 Å².